The van der Waals surface area contributed by atoms with Crippen LogP contribution < -0.4 is 11.5 Å². The molecule has 0 heterocycles. The smallest absolute Gasteiger partial charge is 0.0595 e. The highest BCUT2D eigenvalue weighted by Crippen LogP contribution is 2.56. The van der Waals surface area contributed by atoms with Gasteiger partial charge in [0, 0.05) is 5.41 Å². The molecule has 0 aromatic heterocycles. The first-order valence-corrected chi connectivity index (χ1v) is 12.9. The number of hydrogen-bond acceptors (Lipinski definition) is 2. The van der Waals surface area contributed by atoms with Gasteiger partial charge in [-0.15, -0.1) is 0 Å². The van der Waals surface area contributed by atoms with Crippen LogP contribution in [0, 0.1) is 0 Å². The van der Waals surface area contributed by atoms with Crippen LogP contribution in [0.5, 0.6) is 0 Å². The van der Waals surface area contributed by atoms with E-state index in [4.69, 9.17) is 11.5 Å². The van der Waals surface area contributed by atoms with E-state index < -0.39 is 0 Å². The molecule has 2 aromatic rings. The van der Waals surface area contributed by atoms with E-state index >= 15 is 0 Å². The van der Waals surface area contributed by atoms with Crippen LogP contribution >= 0.6 is 0 Å². The molecule has 0 spiro atoms. The van der Waals surface area contributed by atoms with Crippen LogP contribution in [0.1, 0.15) is 115 Å². The molecular weight excluding hydrogens is 376 g/mol. The van der Waals surface area contributed by atoms with Crippen LogP contribution in [-0.4, -0.2) is 0 Å². The zero-order valence-electron chi connectivity index (χ0n) is 20.0. The zero-order chi connectivity index (χ0) is 22.1. The van der Waals surface area contributed by atoms with Crippen molar-refractivity contribution in [3.05, 3.63) is 47.5 Å². The molecule has 0 saturated carbocycles. The van der Waals surface area contributed by atoms with Crippen LogP contribution in [0.15, 0.2) is 36.4 Å². The number of hydrogen-bond donors (Lipinski definition) is 2. The molecule has 4 N–H and O–H groups in total. The summed E-state index contributed by atoms with van der Waals surface area (Å²) in [5, 5.41) is 0. The summed E-state index contributed by atoms with van der Waals surface area (Å²) in [6.45, 7) is 4.57. The Morgan fingerprint density at radius 3 is 1.77 bits per heavy atom. The third-order valence-electron chi connectivity index (χ3n) is 7.40. The van der Waals surface area contributed by atoms with Crippen LogP contribution in [0.25, 0.3) is 11.1 Å². The van der Waals surface area contributed by atoms with Crippen LogP contribution in [0.3, 0.4) is 0 Å². The Labute approximate surface area is 190 Å². The average molecular weight is 421 g/mol. The fraction of sp³-hybridized carbons (Fsp3) is 0.586. The standard InChI is InChI=1S/C29H44N2/c1-3-5-7-9-11-15-21-29(22-16-12-10-8-6-4-2)25-18-14-13-17-23(25)24-19-20-26(30)28(31)27(24)29/h13-14,17-20H,3-12,15-16,21-22,30-31H2,1-2H3. The van der Waals surface area contributed by atoms with Crippen LogP contribution in [0.4, 0.5) is 11.4 Å². The summed E-state index contributed by atoms with van der Waals surface area (Å²) in [5.74, 6) is 0. The van der Waals surface area contributed by atoms with Gasteiger partial charge in [-0.05, 0) is 41.2 Å². The number of nitrogen functional groups attached to an aromatic ring is 2. The van der Waals surface area contributed by atoms with Gasteiger partial charge in [0.05, 0.1) is 11.4 Å². The monoisotopic (exact) mass is 420 g/mol. The van der Waals surface area contributed by atoms with Gasteiger partial charge in [-0.2, -0.15) is 0 Å². The normalized spacial score (nSPS) is 13.9. The highest BCUT2D eigenvalue weighted by Gasteiger charge is 2.43. The van der Waals surface area contributed by atoms with Gasteiger partial charge < -0.3 is 11.5 Å². The van der Waals surface area contributed by atoms with E-state index in [1.165, 1.54) is 112 Å². The molecule has 1 aliphatic rings. The third kappa shape index (κ3) is 5.27. The lowest BCUT2D eigenvalue weighted by Gasteiger charge is -2.34. The Morgan fingerprint density at radius 1 is 0.613 bits per heavy atom. The van der Waals surface area contributed by atoms with Gasteiger partial charge in [-0.3, -0.25) is 0 Å². The summed E-state index contributed by atoms with van der Waals surface area (Å²) in [7, 11) is 0. The predicted octanol–water partition coefficient (Wildman–Crippen LogP) is 8.62. The largest absolute Gasteiger partial charge is 0.397 e. The maximum Gasteiger partial charge on any atom is 0.0595 e. The van der Waals surface area contributed by atoms with Gasteiger partial charge >= 0.3 is 0 Å². The molecule has 0 bridgehead atoms. The SMILES string of the molecule is CCCCCCCCC1(CCCCCCCC)c2ccccc2-c2ccc(N)c(N)c21. The maximum atomic E-state index is 6.70. The molecule has 0 aliphatic heterocycles. The van der Waals surface area contributed by atoms with Crippen molar-refractivity contribution in [3.63, 3.8) is 0 Å². The molecule has 31 heavy (non-hydrogen) atoms. The van der Waals surface area contributed by atoms with Crippen LogP contribution in [-0.2, 0) is 5.41 Å². The molecule has 170 valence electrons. The molecule has 2 aromatic carbocycles. The first kappa shape index (κ1) is 23.7. The summed E-state index contributed by atoms with van der Waals surface area (Å²) in [6.07, 6.45) is 18.3. The first-order valence-electron chi connectivity index (χ1n) is 12.9. The minimum absolute atomic E-state index is 0.0287. The first-order chi connectivity index (χ1) is 15.2. The number of unbranched alkanes of at least 4 members (excludes halogenated alkanes) is 10. The summed E-state index contributed by atoms with van der Waals surface area (Å²) in [4.78, 5) is 0. The second-order valence-electron chi connectivity index (χ2n) is 9.65. The van der Waals surface area contributed by atoms with Gasteiger partial charge in [0.2, 0.25) is 0 Å². The van der Waals surface area contributed by atoms with Gasteiger partial charge in [0.1, 0.15) is 0 Å². The number of benzene rings is 2. The number of fused-ring (bicyclic) bond motifs is 3. The van der Waals surface area contributed by atoms with E-state index in [0.29, 0.717) is 0 Å². The zero-order valence-corrected chi connectivity index (χ0v) is 20.0. The molecule has 2 nitrogen and oxygen atoms in total. The van der Waals surface area contributed by atoms with E-state index in [2.05, 4.69) is 44.2 Å². The highest BCUT2D eigenvalue weighted by molar-refractivity contribution is 5.89. The second kappa shape index (κ2) is 11.6. The molecule has 0 radical (unpaired) electrons. The van der Waals surface area contributed by atoms with Gasteiger partial charge in [0.15, 0.2) is 0 Å². The summed E-state index contributed by atoms with van der Waals surface area (Å²) < 4.78 is 0. The summed E-state index contributed by atoms with van der Waals surface area (Å²) >= 11 is 0. The second-order valence-corrected chi connectivity index (χ2v) is 9.65. The quantitative estimate of drug-likeness (QED) is 0.237. The van der Waals surface area contributed by atoms with Crippen molar-refractivity contribution in [2.24, 2.45) is 0 Å². The van der Waals surface area contributed by atoms with Crippen molar-refractivity contribution in [2.75, 3.05) is 11.5 Å². The van der Waals surface area contributed by atoms with Crippen molar-refractivity contribution < 1.29 is 0 Å². The average Bonchev–Trinajstić information content (AvgIpc) is 3.06. The van der Waals surface area contributed by atoms with E-state index in [9.17, 15) is 0 Å². The number of nitrogens with two attached hydrogens (primary N) is 2. The highest BCUT2D eigenvalue weighted by atomic mass is 14.7. The Hall–Kier alpha value is -1.96. The molecule has 0 atom stereocenters. The fourth-order valence-electron chi connectivity index (χ4n) is 5.70. The van der Waals surface area contributed by atoms with Crippen molar-refractivity contribution in [1.82, 2.24) is 0 Å². The molecule has 2 heteroatoms. The van der Waals surface area contributed by atoms with Gasteiger partial charge in [0.25, 0.3) is 0 Å². The van der Waals surface area contributed by atoms with E-state index in [1.807, 2.05) is 6.07 Å². The lowest BCUT2D eigenvalue weighted by molar-refractivity contribution is 0.399. The Kier molecular flexibility index (Phi) is 8.87. The number of anilines is 2. The molecule has 0 fully saturated rings. The van der Waals surface area contributed by atoms with Gasteiger partial charge in [-0.25, -0.2) is 0 Å². The number of rotatable bonds is 14. The summed E-state index contributed by atoms with van der Waals surface area (Å²) in [5.41, 5.74) is 20.2. The molecule has 1 aliphatic carbocycles. The lowest BCUT2D eigenvalue weighted by Crippen LogP contribution is -2.27. The van der Waals surface area contributed by atoms with E-state index in [0.717, 1.165) is 11.4 Å². The maximum absolute atomic E-state index is 6.70. The van der Waals surface area contributed by atoms with Crippen molar-refractivity contribution in [2.45, 2.75) is 109 Å². The Bertz CT molecular complexity index is 807. The molecule has 0 amide bonds. The van der Waals surface area contributed by atoms with Crippen molar-refractivity contribution >= 4 is 11.4 Å². The Balaban J connectivity index is 1.86. The fourth-order valence-corrected chi connectivity index (χ4v) is 5.70. The van der Waals surface area contributed by atoms with Gasteiger partial charge in [-0.1, -0.05) is 121 Å². The van der Waals surface area contributed by atoms with E-state index in [-0.39, 0.29) is 5.41 Å². The van der Waals surface area contributed by atoms with Crippen molar-refractivity contribution in [1.29, 1.82) is 0 Å². The third-order valence-corrected chi connectivity index (χ3v) is 7.40. The predicted molar refractivity (Wildman–Crippen MR) is 137 cm³/mol. The topological polar surface area (TPSA) is 52.0 Å². The molecule has 0 unspecified atom stereocenters. The molecule has 3 rings (SSSR count). The van der Waals surface area contributed by atoms with E-state index in [1.54, 1.807) is 0 Å². The molecule has 0 saturated heterocycles. The van der Waals surface area contributed by atoms with Crippen molar-refractivity contribution in [3.8, 4) is 11.1 Å². The van der Waals surface area contributed by atoms with Crippen LogP contribution in [0.2, 0.25) is 0 Å². The molecular formula is C29H44N2. The minimum Gasteiger partial charge on any atom is -0.397 e. The lowest BCUT2D eigenvalue weighted by atomic mass is 9.70. The minimum atomic E-state index is 0.0287. The summed E-state index contributed by atoms with van der Waals surface area (Å²) in [6, 6.07) is 13.2. The Morgan fingerprint density at radius 2 is 1.16 bits per heavy atom.